The van der Waals surface area contributed by atoms with Gasteiger partial charge >= 0.3 is 6.18 Å². The normalized spacial score (nSPS) is 17.3. The van der Waals surface area contributed by atoms with Gasteiger partial charge in [-0.15, -0.1) is 0 Å². The Morgan fingerprint density at radius 2 is 2.00 bits per heavy atom. The number of nitrogens with one attached hydrogen (secondary N) is 1. The van der Waals surface area contributed by atoms with Gasteiger partial charge in [0.05, 0.1) is 16.3 Å². The monoisotopic (exact) mass is 348 g/mol. The number of carbonyl (C=O) groups excluding carboxylic acids is 1. The quantitative estimate of drug-likeness (QED) is 0.873. The van der Waals surface area contributed by atoms with E-state index in [-0.39, 0.29) is 23.0 Å². The fourth-order valence-corrected chi connectivity index (χ4v) is 2.72. The zero-order valence-electron chi connectivity index (χ0n) is 12.9. The lowest BCUT2D eigenvalue weighted by Gasteiger charge is -2.29. The molecule has 1 heterocycles. The molecule has 1 amide bonds. The first-order chi connectivity index (χ1) is 10.8. The van der Waals surface area contributed by atoms with Gasteiger partial charge in [-0.25, -0.2) is 0 Å². The first kappa shape index (κ1) is 18.1. The molecule has 0 unspecified atom stereocenters. The number of nitrogens with zero attached hydrogens (tertiary/aromatic N) is 1. The molecule has 1 aliphatic heterocycles. The second kappa shape index (κ2) is 7.53. The minimum atomic E-state index is -4.46. The van der Waals surface area contributed by atoms with Crippen LogP contribution in [0.4, 0.5) is 18.9 Å². The third-order valence-electron chi connectivity index (χ3n) is 4.10. The van der Waals surface area contributed by atoms with E-state index >= 15 is 0 Å². The topological polar surface area (TPSA) is 32.3 Å². The van der Waals surface area contributed by atoms with Crippen molar-refractivity contribution in [3.05, 3.63) is 28.8 Å². The fourth-order valence-electron chi connectivity index (χ4n) is 2.56. The van der Waals surface area contributed by atoms with Crippen LogP contribution < -0.4 is 5.32 Å². The van der Waals surface area contributed by atoms with Crippen molar-refractivity contribution >= 4 is 23.2 Å². The Morgan fingerprint density at radius 3 is 2.61 bits per heavy atom. The number of rotatable bonds is 4. The Morgan fingerprint density at radius 1 is 1.35 bits per heavy atom. The zero-order chi connectivity index (χ0) is 17.0. The molecule has 1 aromatic carbocycles. The molecule has 0 aliphatic carbocycles. The molecule has 1 saturated heterocycles. The highest BCUT2D eigenvalue weighted by molar-refractivity contribution is 6.33. The van der Waals surface area contributed by atoms with E-state index < -0.39 is 11.7 Å². The second-order valence-electron chi connectivity index (χ2n) is 6.01. The molecule has 1 aliphatic rings. The summed E-state index contributed by atoms with van der Waals surface area (Å²) in [6.45, 7) is 4.73. The lowest BCUT2D eigenvalue weighted by molar-refractivity contribution is -0.137. The third-order valence-corrected chi connectivity index (χ3v) is 4.43. The standard InChI is InChI=1S/C16H20ClF3N2O/c1-11-4-7-22(8-5-11)9-6-15(23)21-14-10-12(16(18,19)20)2-3-13(14)17/h2-3,10-11H,4-9H2,1H3,(H,21,23). The van der Waals surface area contributed by atoms with Crippen molar-refractivity contribution in [2.75, 3.05) is 25.0 Å². The molecule has 128 valence electrons. The van der Waals surface area contributed by atoms with Crippen molar-refractivity contribution in [1.29, 1.82) is 0 Å². The Bertz CT molecular complexity index is 555. The minimum Gasteiger partial charge on any atom is -0.325 e. The zero-order valence-corrected chi connectivity index (χ0v) is 13.7. The van der Waals surface area contributed by atoms with Crippen LogP contribution in [-0.4, -0.2) is 30.4 Å². The van der Waals surface area contributed by atoms with E-state index in [0.717, 1.165) is 44.1 Å². The van der Waals surface area contributed by atoms with Crippen LogP contribution in [0.1, 0.15) is 31.7 Å². The van der Waals surface area contributed by atoms with E-state index in [1.807, 2.05) is 0 Å². The van der Waals surface area contributed by atoms with Gasteiger partial charge in [-0.2, -0.15) is 13.2 Å². The Hall–Kier alpha value is -1.27. The molecule has 0 atom stereocenters. The Balaban J connectivity index is 1.90. The molecule has 1 N–H and O–H groups in total. The number of halogens is 4. The summed E-state index contributed by atoms with van der Waals surface area (Å²) in [4.78, 5) is 14.2. The number of likely N-dealkylation sites (tertiary alicyclic amines) is 1. The van der Waals surface area contributed by atoms with E-state index in [2.05, 4.69) is 17.1 Å². The van der Waals surface area contributed by atoms with Crippen LogP contribution in [-0.2, 0) is 11.0 Å². The van der Waals surface area contributed by atoms with Gasteiger partial charge in [0, 0.05) is 13.0 Å². The number of piperidine rings is 1. The maximum atomic E-state index is 12.7. The third kappa shape index (κ3) is 5.39. The molecule has 0 radical (unpaired) electrons. The summed E-state index contributed by atoms with van der Waals surface area (Å²) in [6.07, 6.45) is -2.00. The summed E-state index contributed by atoms with van der Waals surface area (Å²) in [5.74, 6) is 0.383. The lowest BCUT2D eigenvalue weighted by Crippen LogP contribution is -2.35. The minimum absolute atomic E-state index is 0.00115. The summed E-state index contributed by atoms with van der Waals surface area (Å²) in [5, 5.41) is 2.57. The molecule has 1 aromatic rings. The van der Waals surface area contributed by atoms with Crippen molar-refractivity contribution in [2.45, 2.75) is 32.4 Å². The SMILES string of the molecule is CC1CCN(CCC(=O)Nc2cc(C(F)(F)F)ccc2Cl)CC1. The molecule has 2 rings (SSSR count). The summed E-state index contributed by atoms with van der Waals surface area (Å²) >= 11 is 5.86. The van der Waals surface area contributed by atoms with E-state index in [9.17, 15) is 18.0 Å². The van der Waals surface area contributed by atoms with Gasteiger partial charge in [0.1, 0.15) is 0 Å². The van der Waals surface area contributed by atoms with Gasteiger partial charge in [0.25, 0.3) is 0 Å². The predicted octanol–water partition coefficient (Wildman–Crippen LogP) is 4.42. The van der Waals surface area contributed by atoms with Crippen LogP contribution in [0.3, 0.4) is 0 Å². The van der Waals surface area contributed by atoms with Crippen molar-refractivity contribution in [2.24, 2.45) is 5.92 Å². The molecule has 1 fully saturated rings. The van der Waals surface area contributed by atoms with Gasteiger partial charge in [-0.05, 0) is 50.0 Å². The van der Waals surface area contributed by atoms with Crippen LogP contribution in [0.15, 0.2) is 18.2 Å². The number of carbonyl (C=O) groups is 1. The largest absolute Gasteiger partial charge is 0.416 e. The van der Waals surface area contributed by atoms with Crippen LogP contribution in [0, 0.1) is 5.92 Å². The molecule has 7 heteroatoms. The average Bonchev–Trinajstić information content (AvgIpc) is 2.48. The van der Waals surface area contributed by atoms with Gasteiger partial charge in [0.2, 0.25) is 5.91 Å². The summed E-state index contributed by atoms with van der Waals surface area (Å²) in [5.41, 5.74) is -0.832. The molecular formula is C16H20ClF3N2O. The smallest absolute Gasteiger partial charge is 0.325 e. The fraction of sp³-hybridized carbons (Fsp3) is 0.562. The van der Waals surface area contributed by atoms with E-state index in [0.29, 0.717) is 12.5 Å². The Labute approximate surface area is 138 Å². The highest BCUT2D eigenvalue weighted by atomic mass is 35.5. The van der Waals surface area contributed by atoms with Crippen molar-refractivity contribution in [3.8, 4) is 0 Å². The highest BCUT2D eigenvalue weighted by Gasteiger charge is 2.31. The van der Waals surface area contributed by atoms with Crippen LogP contribution in [0.5, 0.6) is 0 Å². The van der Waals surface area contributed by atoms with Gasteiger partial charge < -0.3 is 10.2 Å². The van der Waals surface area contributed by atoms with E-state index in [1.54, 1.807) is 0 Å². The molecule has 3 nitrogen and oxygen atoms in total. The van der Waals surface area contributed by atoms with Gasteiger partial charge in [0.15, 0.2) is 0 Å². The van der Waals surface area contributed by atoms with Crippen molar-refractivity contribution in [3.63, 3.8) is 0 Å². The first-order valence-corrected chi connectivity index (χ1v) is 8.02. The highest BCUT2D eigenvalue weighted by Crippen LogP contribution is 2.33. The van der Waals surface area contributed by atoms with Crippen LogP contribution in [0.25, 0.3) is 0 Å². The van der Waals surface area contributed by atoms with Crippen molar-refractivity contribution < 1.29 is 18.0 Å². The van der Waals surface area contributed by atoms with Crippen molar-refractivity contribution in [1.82, 2.24) is 4.90 Å². The maximum Gasteiger partial charge on any atom is 0.416 e. The van der Waals surface area contributed by atoms with E-state index in [1.165, 1.54) is 0 Å². The van der Waals surface area contributed by atoms with Crippen LogP contribution >= 0.6 is 11.6 Å². The molecule has 0 bridgehead atoms. The Kier molecular flexibility index (Phi) is 5.92. The van der Waals surface area contributed by atoms with Gasteiger partial charge in [-0.1, -0.05) is 18.5 Å². The number of hydrogen-bond acceptors (Lipinski definition) is 2. The molecule has 0 saturated carbocycles. The van der Waals surface area contributed by atoms with Crippen LogP contribution in [0.2, 0.25) is 5.02 Å². The summed E-state index contributed by atoms with van der Waals surface area (Å²) in [6, 6.07) is 2.90. The number of benzene rings is 1. The second-order valence-corrected chi connectivity index (χ2v) is 6.42. The number of hydrogen-bond donors (Lipinski definition) is 1. The predicted molar refractivity (Wildman–Crippen MR) is 84.5 cm³/mol. The average molecular weight is 349 g/mol. The number of anilines is 1. The van der Waals surface area contributed by atoms with Gasteiger partial charge in [-0.3, -0.25) is 4.79 Å². The maximum absolute atomic E-state index is 12.7. The summed E-state index contributed by atoms with van der Waals surface area (Å²) < 4.78 is 38.1. The molecule has 0 spiro atoms. The summed E-state index contributed by atoms with van der Waals surface area (Å²) in [7, 11) is 0. The lowest BCUT2D eigenvalue weighted by atomic mass is 9.99. The van der Waals surface area contributed by atoms with E-state index in [4.69, 9.17) is 11.6 Å². The number of amides is 1. The molecule has 0 aromatic heterocycles. The number of alkyl halides is 3. The molecular weight excluding hydrogens is 329 g/mol. The molecule has 23 heavy (non-hydrogen) atoms. The first-order valence-electron chi connectivity index (χ1n) is 7.64.